The van der Waals surface area contributed by atoms with Gasteiger partial charge in [-0.3, -0.25) is 4.79 Å². The van der Waals surface area contributed by atoms with Gasteiger partial charge in [0.2, 0.25) is 0 Å². The van der Waals surface area contributed by atoms with Crippen molar-refractivity contribution in [2.45, 2.75) is 19.8 Å². The molecule has 0 aliphatic carbocycles. The quantitative estimate of drug-likeness (QED) is 0.569. The highest BCUT2D eigenvalue weighted by atomic mass is 79.9. The fraction of sp³-hybridized carbons (Fsp3) is 0.190. The van der Waals surface area contributed by atoms with Gasteiger partial charge in [0.25, 0.3) is 0 Å². The molecular formula is C21H20BrNO3. The maximum atomic E-state index is 11.0. The number of hydrogen-bond acceptors (Lipinski definition) is 2. The van der Waals surface area contributed by atoms with Gasteiger partial charge in [-0.05, 0) is 67.4 Å². The number of rotatable bonds is 7. The summed E-state index contributed by atoms with van der Waals surface area (Å²) in [4.78, 5) is 11.0. The van der Waals surface area contributed by atoms with Crippen molar-refractivity contribution in [1.82, 2.24) is 4.57 Å². The molecule has 0 unspecified atom stereocenters. The Balaban J connectivity index is 2.04. The lowest BCUT2D eigenvalue weighted by molar-refractivity contribution is -0.136. The molecule has 0 saturated carbocycles. The first kappa shape index (κ1) is 18.3. The Bertz CT molecular complexity index is 883. The van der Waals surface area contributed by atoms with Crippen LogP contribution in [0.3, 0.4) is 0 Å². The van der Waals surface area contributed by atoms with E-state index in [1.807, 2.05) is 67.6 Å². The van der Waals surface area contributed by atoms with Gasteiger partial charge in [-0.25, -0.2) is 0 Å². The molecular weight excluding hydrogens is 394 g/mol. The van der Waals surface area contributed by atoms with Crippen LogP contribution in [-0.4, -0.2) is 22.2 Å². The van der Waals surface area contributed by atoms with Crippen molar-refractivity contribution in [2.24, 2.45) is 0 Å². The van der Waals surface area contributed by atoms with Crippen LogP contribution in [-0.2, 0) is 11.2 Å². The van der Waals surface area contributed by atoms with E-state index in [0.717, 1.165) is 32.9 Å². The van der Waals surface area contributed by atoms with E-state index in [2.05, 4.69) is 20.5 Å². The normalized spacial score (nSPS) is 10.7. The highest BCUT2D eigenvalue weighted by Crippen LogP contribution is 2.29. The van der Waals surface area contributed by atoms with Gasteiger partial charge in [0.1, 0.15) is 5.75 Å². The lowest BCUT2D eigenvalue weighted by Gasteiger charge is -2.15. The molecule has 0 fully saturated rings. The molecule has 134 valence electrons. The number of nitrogens with zero attached hydrogens (tertiary/aromatic N) is 1. The Kier molecular flexibility index (Phi) is 5.78. The molecule has 26 heavy (non-hydrogen) atoms. The molecule has 5 heteroatoms. The number of carboxylic acids is 1. The van der Waals surface area contributed by atoms with Gasteiger partial charge in [-0.15, -0.1) is 0 Å². The molecule has 0 atom stereocenters. The van der Waals surface area contributed by atoms with E-state index in [0.29, 0.717) is 13.0 Å². The third-order valence-electron chi connectivity index (χ3n) is 4.10. The van der Waals surface area contributed by atoms with Crippen LogP contribution in [0.4, 0.5) is 0 Å². The molecule has 4 nitrogen and oxygen atoms in total. The van der Waals surface area contributed by atoms with Crippen LogP contribution < -0.4 is 4.74 Å². The van der Waals surface area contributed by atoms with Crippen molar-refractivity contribution in [3.05, 3.63) is 70.8 Å². The average Bonchev–Trinajstić information content (AvgIpc) is 3.05. The van der Waals surface area contributed by atoms with Crippen molar-refractivity contribution in [3.63, 3.8) is 0 Å². The predicted molar refractivity (Wildman–Crippen MR) is 106 cm³/mol. The Hall–Kier alpha value is -2.53. The highest BCUT2D eigenvalue weighted by molar-refractivity contribution is 9.10. The van der Waals surface area contributed by atoms with Crippen molar-refractivity contribution in [3.8, 4) is 22.7 Å². The van der Waals surface area contributed by atoms with Crippen LogP contribution in [0.1, 0.15) is 19.0 Å². The number of aliphatic carboxylic acids is 1. The van der Waals surface area contributed by atoms with E-state index in [-0.39, 0.29) is 6.42 Å². The summed E-state index contributed by atoms with van der Waals surface area (Å²) < 4.78 is 8.66. The maximum absolute atomic E-state index is 11.0. The number of aromatic nitrogens is 1. The van der Waals surface area contributed by atoms with Crippen LogP contribution in [0, 0.1) is 0 Å². The Morgan fingerprint density at radius 1 is 1.04 bits per heavy atom. The third kappa shape index (κ3) is 4.17. The monoisotopic (exact) mass is 413 g/mol. The number of carbonyl (C=O) groups is 1. The van der Waals surface area contributed by atoms with Gasteiger partial charge >= 0.3 is 5.97 Å². The molecule has 0 amide bonds. The van der Waals surface area contributed by atoms with Crippen LogP contribution in [0.5, 0.6) is 5.75 Å². The molecule has 0 bridgehead atoms. The molecule has 3 rings (SSSR count). The molecule has 1 heterocycles. The summed E-state index contributed by atoms with van der Waals surface area (Å²) >= 11 is 3.46. The summed E-state index contributed by atoms with van der Waals surface area (Å²) in [7, 11) is 0. The summed E-state index contributed by atoms with van der Waals surface area (Å²) in [6, 6.07) is 20.0. The Labute approximate surface area is 161 Å². The molecule has 0 aliphatic rings. The third-order valence-corrected chi connectivity index (χ3v) is 4.63. The van der Waals surface area contributed by atoms with E-state index < -0.39 is 5.97 Å². The first-order valence-electron chi connectivity index (χ1n) is 8.50. The van der Waals surface area contributed by atoms with Gasteiger partial charge < -0.3 is 14.4 Å². The summed E-state index contributed by atoms with van der Waals surface area (Å²) in [5.74, 6) is 0.0234. The van der Waals surface area contributed by atoms with Gasteiger partial charge in [0, 0.05) is 15.9 Å². The predicted octanol–water partition coefficient (Wildman–Crippen LogP) is 5.32. The molecule has 3 aromatic rings. The van der Waals surface area contributed by atoms with Crippen molar-refractivity contribution in [2.75, 3.05) is 6.61 Å². The zero-order valence-electron chi connectivity index (χ0n) is 14.5. The zero-order chi connectivity index (χ0) is 18.5. The number of carboxylic acid groups (broad SMARTS) is 1. The lowest BCUT2D eigenvalue weighted by Crippen LogP contribution is -2.05. The average molecular weight is 414 g/mol. The number of ether oxygens (including phenoxy) is 1. The largest absolute Gasteiger partial charge is 0.494 e. The highest BCUT2D eigenvalue weighted by Gasteiger charge is 2.13. The van der Waals surface area contributed by atoms with E-state index in [1.54, 1.807) is 0 Å². The van der Waals surface area contributed by atoms with Crippen molar-refractivity contribution >= 4 is 21.9 Å². The summed E-state index contributed by atoms with van der Waals surface area (Å²) in [6.07, 6.45) is 0.569. The van der Waals surface area contributed by atoms with Crippen molar-refractivity contribution in [1.29, 1.82) is 0 Å². The second kappa shape index (κ2) is 8.23. The molecule has 1 aromatic heterocycles. The first-order chi connectivity index (χ1) is 12.6. The lowest BCUT2D eigenvalue weighted by atomic mass is 10.1. The summed E-state index contributed by atoms with van der Waals surface area (Å²) in [5, 5.41) is 9.06. The van der Waals surface area contributed by atoms with Gasteiger partial charge in [0.15, 0.2) is 0 Å². The van der Waals surface area contributed by atoms with E-state index >= 15 is 0 Å². The smallest absolute Gasteiger partial charge is 0.303 e. The molecule has 0 spiro atoms. The molecule has 0 saturated heterocycles. The topological polar surface area (TPSA) is 51.5 Å². The number of benzene rings is 2. The minimum absolute atomic E-state index is 0.0980. The second-order valence-electron chi connectivity index (χ2n) is 5.87. The first-order valence-corrected chi connectivity index (χ1v) is 9.29. The van der Waals surface area contributed by atoms with Crippen LogP contribution in [0.15, 0.2) is 65.1 Å². The summed E-state index contributed by atoms with van der Waals surface area (Å²) in [6.45, 7) is 2.58. The molecule has 2 aromatic carbocycles. The van der Waals surface area contributed by atoms with Gasteiger partial charge in [-0.1, -0.05) is 28.1 Å². The fourth-order valence-corrected chi connectivity index (χ4v) is 3.18. The van der Waals surface area contributed by atoms with E-state index in [9.17, 15) is 4.79 Å². The molecule has 0 aliphatic heterocycles. The fourth-order valence-electron chi connectivity index (χ4n) is 2.92. The minimum atomic E-state index is -0.797. The maximum Gasteiger partial charge on any atom is 0.303 e. The second-order valence-corrected chi connectivity index (χ2v) is 6.79. The number of hydrogen-bond donors (Lipinski definition) is 1. The number of aryl methyl sites for hydroxylation is 1. The van der Waals surface area contributed by atoms with E-state index in [4.69, 9.17) is 9.84 Å². The van der Waals surface area contributed by atoms with Gasteiger partial charge in [-0.2, -0.15) is 0 Å². The van der Waals surface area contributed by atoms with Gasteiger partial charge in [0.05, 0.1) is 18.7 Å². The standard InChI is InChI=1S/C21H20BrNO3/c1-2-26-19-11-7-17(8-12-19)23-18(10-14-21(24)25)9-13-20(23)15-3-5-16(22)6-4-15/h3-9,11-13H,2,10,14H2,1H3,(H,24,25). The Morgan fingerprint density at radius 2 is 1.73 bits per heavy atom. The van der Waals surface area contributed by atoms with Crippen LogP contribution >= 0.6 is 15.9 Å². The van der Waals surface area contributed by atoms with Crippen LogP contribution in [0.2, 0.25) is 0 Å². The molecule has 0 radical (unpaired) electrons. The van der Waals surface area contributed by atoms with E-state index in [1.165, 1.54) is 0 Å². The number of halogens is 1. The zero-order valence-corrected chi connectivity index (χ0v) is 16.1. The van der Waals surface area contributed by atoms with Crippen molar-refractivity contribution < 1.29 is 14.6 Å². The molecule has 1 N–H and O–H groups in total. The summed E-state index contributed by atoms with van der Waals surface area (Å²) in [5.41, 5.74) is 4.05. The Morgan fingerprint density at radius 3 is 2.35 bits per heavy atom. The SMILES string of the molecule is CCOc1ccc(-n2c(CCC(=O)O)ccc2-c2ccc(Br)cc2)cc1. The minimum Gasteiger partial charge on any atom is -0.494 e. The van der Waals surface area contributed by atoms with Crippen LogP contribution in [0.25, 0.3) is 16.9 Å².